The van der Waals surface area contributed by atoms with Gasteiger partial charge in [0.1, 0.15) is 5.76 Å². The van der Waals surface area contributed by atoms with Crippen molar-refractivity contribution in [3.8, 4) is 0 Å². The predicted molar refractivity (Wildman–Crippen MR) is 68.8 cm³/mol. The number of furan rings is 1. The van der Waals surface area contributed by atoms with Crippen LogP contribution in [0, 0.1) is 0 Å². The third-order valence-corrected chi connectivity index (χ3v) is 2.80. The van der Waals surface area contributed by atoms with Crippen molar-refractivity contribution in [2.75, 3.05) is 0 Å². The standard InChI is InChI=1S/C14H16N2O2/c1-10(14(15)17)16-13(12-8-5-9-18-12)11-6-3-2-4-7-11/h2-10,13,16H,1H3,(H2,15,17)/t10-,13-/m0/s1. The van der Waals surface area contributed by atoms with Crippen LogP contribution in [-0.2, 0) is 4.79 Å². The Morgan fingerprint density at radius 3 is 2.50 bits per heavy atom. The van der Waals surface area contributed by atoms with Crippen LogP contribution in [0.5, 0.6) is 0 Å². The van der Waals surface area contributed by atoms with Gasteiger partial charge >= 0.3 is 0 Å². The van der Waals surface area contributed by atoms with E-state index in [9.17, 15) is 4.79 Å². The van der Waals surface area contributed by atoms with Gasteiger partial charge in [0.2, 0.25) is 5.91 Å². The van der Waals surface area contributed by atoms with Crippen molar-refractivity contribution >= 4 is 5.91 Å². The predicted octanol–water partition coefficient (Wildman–Crippen LogP) is 1.83. The first-order valence-electron chi connectivity index (χ1n) is 5.82. The molecule has 0 bridgehead atoms. The number of hydrogen-bond donors (Lipinski definition) is 2. The lowest BCUT2D eigenvalue weighted by molar-refractivity contribution is -0.119. The number of primary amides is 1. The van der Waals surface area contributed by atoms with Crippen molar-refractivity contribution in [1.29, 1.82) is 0 Å². The highest BCUT2D eigenvalue weighted by Gasteiger charge is 2.20. The Balaban J connectivity index is 2.27. The minimum Gasteiger partial charge on any atom is -0.467 e. The quantitative estimate of drug-likeness (QED) is 0.843. The molecule has 0 aliphatic carbocycles. The third kappa shape index (κ3) is 2.78. The van der Waals surface area contributed by atoms with E-state index in [0.717, 1.165) is 11.3 Å². The van der Waals surface area contributed by atoms with E-state index in [0.29, 0.717) is 0 Å². The van der Waals surface area contributed by atoms with Gasteiger partial charge in [0, 0.05) is 0 Å². The number of carbonyl (C=O) groups is 1. The molecule has 0 saturated carbocycles. The fourth-order valence-corrected chi connectivity index (χ4v) is 1.78. The lowest BCUT2D eigenvalue weighted by Crippen LogP contribution is -2.41. The highest BCUT2D eigenvalue weighted by Crippen LogP contribution is 2.22. The van der Waals surface area contributed by atoms with Gasteiger partial charge in [-0.05, 0) is 24.6 Å². The van der Waals surface area contributed by atoms with Gasteiger partial charge in [-0.2, -0.15) is 0 Å². The average Bonchev–Trinajstić information content (AvgIpc) is 2.90. The molecule has 0 radical (unpaired) electrons. The van der Waals surface area contributed by atoms with Gasteiger partial charge in [-0.15, -0.1) is 0 Å². The monoisotopic (exact) mass is 244 g/mol. The fraction of sp³-hybridized carbons (Fsp3) is 0.214. The summed E-state index contributed by atoms with van der Waals surface area (Å²) >= 11 is 0. The molecule has 0 aliphatic rings. The molecule has 0 aliphatic heterocycles. The van der Waals surface area contributed by atoms with Gasteiger partial charge in [-0.25, -0.2) is 0 Å². The minimum atomic E-state index is -0.430. The highest BCUT2D eigenvalue weighted by molar-refractivity contribution is 5.79. The number of amides is 1. The maximum absolute atomic E-state index is 11.2. The zero-order valence-corrected chi connectivity index (χ0v) is 10.2. The number of nitrogens with one attached hydrogen (secondary N) is 1. The molecule has 3 N–H and O–H groups in total. The second-order valence-electron chi connectivity index (χ2n) is 4.15. The number of rotatable bonds is 5. The van der Waals surface area contributed by atoms with Crippen LogP contribution in [0.25, 0.3) is 0 Å². The van der Waals surface area contributed by atoms with E-state index < -0.39 is 6.04 Å². The molecule has 0 fully saturated rings. The summed E-state index contributed by atoms with van der Waals surface area (Å²) < 4.78 is 5.42. The Hall–Kier alpha value is -2.07. The Kier molecular flexibility index (Phi) is 3.79. The van der Waals surface area contributed by atoms with Gasteiger partial charge < -0.3 is 10.2 Å². The van der Waals surface area contributed by atoms with Crippen molar-refractivity contribution in [1.82, 2.24) is 5.32 Å². The average molecular weight is 244 g/mol. The van der Waals surface area contributed by atoms with Crippen molar-refractivity contribution < 1.29 is 9.21 Å². The summed E-state index contributed by atoms with van der Waals surface area (Å²) in [6, 6.07) is 12.9. The van der Waals surface area contributed by atoms with Gasteiger partial charge in [-0.1, -0.05) is 30.3 Å². The van der Waals surface area contributed by atoms with E-state index in [4.69, 9.17) is 10.2 Å². The van der Waals surface area contributed by atoms with Gasteiger partial charge in [-0.3, -0.25) is 10.1 Å². The number of nitrogens with two attached hydrogens (primary N) is 1. The fourth-order valence-electron chi connectivity index (χ4n) is 1.78. The van der Waals surface area contributed by atoms with E-state index >= 15 is 0 Å². The molecule has 0 spiro atoms. The molecule has 4 heteroatoms. The summed E-state index contributed by atoms with van der Waals surface area (Å²) in [5, 5.41) is 3.17. The van der Waals surface area contributed by atoms with E-state index in [1.165, 1.54) is 0 Å². The highest BCUT2D eigenvalue weighted by atomic mass is 16.3. The van der Waals surface area contributed by atoms with Gasteiger partial charge in [0.05, 0.1) is 18.3 Å². The summed E-state index contributed by atoms with van der Waals surface area (Å²) in [5.41, 5.74) is 6.31. The molecular formula is C14H16N2O2. The van der Waals surface area contributed by atoms with Crippen molar-refractivity contribution in [3.63, 3.8) is 0 Å². The molecule has 2 atom stereocenters. The summed E-state index contributed by atoms with van der Waals surface area (Å²) in [4.78, 5) is 11.2. The van der Waals surface area contributed by atoms with Crippen LogP contribution >= 0.6 is 0 Å². The van der Waals surface area contributed by atoms with Crippen LogP contribution in [0.4, 0.5) is 0 Å². The minimum absolute atomic E-state index is 0.177. The van der Waals surface area contributed by atoms with Crippen molar-refractivity contribution in [2.24, 2.45) is 5.73 Å². The van der Waals surface area contributed by atoms with E-state index in [-0.39, 0.29) is 11.9 Å². The lowest BCUT2D eigenvalue weighted by atomic mass is 10.0. The molecule has 2 aromatic rings. The summed E-state index contributed by atoms with van der Waals surface area (Å²) in [6.07, 6.45) is 1.61. The first kappa shape index (κ1) is 12.4. The maximum atomic E-state index is 11.2. The van der Waals surface area contributed by atoms with Crippen LogP contribution in [0.3, 0.4) is 0 Å². The number of benzene rings is 1. The smallest absolute Gasteiger partial charge is 0.234 e. The molecule has 4 nitrogen and oxygen atoms in total. The largest absolute Gasteiger partial charge is 0.467 e. The molecule has 0 saturated heterocycles. The SMILES string of the molecule is C[C@H](N[C@@H](c1ccccc1)c1ccco1)C(N)=O. The van der Waals surface area contributed by atoms with E-state index in [1.807, 2.05) is 42.5 Å². The molecule has 0 unspecified atom stereocenters. The molecule has 18 heavy (non-hydrogen) atoms. The Morgan fingerprint density at radius 2 is 1.94 bits per heavy atom. The molecule has 1 aromatic carbocycles. The van der Waals surface area contributed by atoms with Crippen LogP contribution in [0.2, 0.25) is 0 Å². The second-order valence-corrected chi connectivity index (χ2v) is 4.15. The molecule has 94 valence electrons. The normalized spacial score (nSPS) is 14.1. The van der Waals surface area contributed by atoms with Crippen LogP contribution in [0.1, 0.15) is 24.3 Å². The Labute approximate surface area is 106 Å². The second kappa shape index (κ2) is 5.51. The van der Waals surface area contributed by atoms with Crippen LogP contribution in [0.15, 0.2) is 53.1 Å². The molecule has 2 rings (SSSR count). The number of carbonyl (C=O) groups excluding carboxylic acids is 1. The third-order valence-electron chi connectivity index (χ3n) is 2.80. The molecule has 1 aromatic heterocycles. The first-order chi connectivity index (χ1) is 8.68. The molecule has 1 amide bonds. The van der Waals surface area contributed by atoms with Gasteiger partial charge in [0.15, 0.2) is 0 Å². The van der Waals surface area contributed by atoms with Gasteiger partial charge in [0.25, 0.3) is 0 Å². The first-order valence-corrected chi connectivity index (χ1v) is 5.82. The van der Waals surface area contributed by atoms with Crippen molar-refractivity contribution in [3.05, 3.63) is 60.1 Å². The zero-order valence-electron chi connectivity index (χ0n) is 10.2. The molecular weight excluding hydrogens is 228 g/mol. The number of hydrogen-bond acceptors (Lipinski definition) is 3. The summed E-state index contributed by atoms with van der Waals surface area (Å²) in [5.74, 6) is 0.372. The van der Waals surface area contributed by atoms with Crippen LogP contribution in [-0.4, -0.2) is 11.9 Å². The summed E-state index contributed by atoms with van der Waals surface area (Å²) in [6.45, 7) is 1.74. The molecule has 1 heterocycles. The van der Waals surface area contributed by atoms with E-state index in [2.05, 4.69) is 5.32 Å². The topological polar surface area (TPSA) is 68.3 Å². The lowest BCUT2D eigenvalue weighted by Gasteiger charge is -2.20. The Bertz CT molecular complexity index is 494. The maximum Gasteiger partial charge on any atom is 0.234 e. The summed E-state index contributed by atoms with van der Waals surface area (Å²) in [7, 11) is 0. The Morgan fingerprint density at radius 1 is 1.22 bits per heavy atom. The van der Waals surface area contributed by atoms with Crippen LogP contribution < -0.4 is 11.1 Å². The van der Waals surface area contributed by atoms with Crippen molar-refractivity contribution in [2.45, 2.75) is 19.0 Å². The zero-order chi connectivity index (χ0) is 13.0. The van der Waals surface area contributed by atoms with E-state index in [1.54, 1.807) is 13.2 Å².